The van der Waals surface area contributed by atoms with Crippen LogP contribution in [-0.4, -0.2) is 0 Å². The lowest BCUT2D eigenvalue weighted by molar-refractivity contribution is 0.673. The van der Waals surface area contributed by atoms with Crippen molar-refractivity contribution in [3.05, 3.63) is 255 Å². The number of nitrogens with zero attached hydrogens (tertiary/aromatic N) is 2. The van der Waals surface area contributed by atoms with Crippen molar-refractivity contribution in [3.63, 3.8) is 0 Å². The largest absolute Gasteiger partial charge is 0.453 e. The monoisotopic (exact) mass is 830 g/mol. The van der Waals surface area contributed by atoms with Crippen LogP contribution in [0.25, 0.3) is 76.9 Å². The third-order valence-electron chi connectivity index (χ3n) is 12.6. The summed E-state index contributed by atoms with van der Waals surface area (Å²) in [5.74, 6) is 0. The first-order valence-corrected chi connectivity index (χ1v) is 22.2. The Labute approximate surface area is 378 Å². The van der Waals surface area contributed by atoms with E-state index in [1.54, 1.807) is 0 Å². The van der Waals surface area contributed by atoms with Crippen molar-refractivity contribution in [1.29, 1.82) is 0 Å². The Hall–Kier alpha value is -8.66. The lowest BCUT2D eigenvalue weighted by atomic mass is 9.89. The van der Waals surface area contributed by atoms with Gasteiger partial charge >= 0.3 is 0 Å². The van der Waals surface area contributed by atoms with Gasteiger partial charge in [0, 0.05) is 33.5 Å². The highest BCUT2D eigenvalue weighted by Gasteiger charge is 2.26. The third-order valence-corrected chi connectivity index (χ3v) is 12.6. The van der Waals surface area contributed by atoms with Gasteiger partial charge in [0.05, 0.1) is 16.8 Å². The Morgan fingerprint density at radius 1 is 0.262 bits per heavy atom. The summed E-state index contributed by atoms with van der Waals surface area (Å²) in [6.07, 6.45) is 0. The van der Waals surface area contributed by atoms with Crippen molar-refractivity contribution < 1.29 is 4.42 Å². The van der Waals surface area contributed by atoms with Gasteiger partial charge in [-0.2, -0.15) is 0 Å². The van der Waals surface area contributed by atoms with Gasteiger partial charge in [-0.3, -0.25) is 0 Å². The minimum absolute atomic E-state index is 0.811. The maximum absolute atomic E-state index is 7.28. The average molecular weight is 831 g/mol. The normalized spacial score (nSPS) is 11.4. The fraction of sp³-hybridized carbons (Fsp3) is 0. The molecular weight excluding hydrogens is 789 g/mol. The summed E-state index contributed by atoms with van der Waals surface area (Å²) in [6, 6.07) is 91.1. The number of rotatable bonds is 9. The molecule has 12 aromatic rings. The highest BCUT2D eigenvalue weighted by Crippen LogP contribution is 2.50. The van der Waals surface area contributed by atoms with Gasteiger partial charge in [-0.25, -0.2) is 0 Å². The Balaban J connectivity index is 1.08. The summed E-state index contributed by atoms with van der Waals surface area (Å²) in [5, 5.41) is 6.76. The molecule has 0 aliphatic carbocycles. The van der Waals surface area contributed by atoms with Crippen molar-refractivity contribution >= 4 is 77.6 Å². The van der Waals surface area contributed by atoms with Crippen LogP contribution in [0.5, 0.6) is 0 Å². The van der Waals surface area contributed by atoms with Crippen LogP contribution in [0.3, 0.4) is 0 Å². The minimum atomic E-state index is 0.811. The molecule has 11 aromatic carbocycles. The van der Waals surface area contributed by atoms with Crippen LogP contribution in [0.15, 0.2) is 259 Å². The second kappa shape index (κ2) is 16.2. The zero-order chi connectivity index (χ0) is 43.1. The zero-order valence-corrected chi connectivity index (χ0v) is 35.6. The minimum Gasteiger partial charge on any atom is -0.453 e. The van der Waals surface area contributed by atoms with Gasteiger partial charge in [-0.15, -0.1) is 0 Å². The van der Waals surface area contributed by atoms with E-state index >= 15 is 0 Å². The highest BCUT2D eigenvalue weighted by atomic mass is 16.3. The van der Waals surface area contributed by atoms with Crippen LogP contribution in [0.4, 0.5) is 34.1 Å². The molecule has 0 amide bonds. The van der Waals surface area contributed by atoms with Crippen molar-refractivity contribution in [3.8, 4) is 33.4 Å². The Morgan fingerprint density at radius 2 is 0.708 bits per heavy atom. The maximum Gasteiger partial charge on any atom is 0.161 e. The summed E-state index contributed by atoms with van der Waals surface area (Å²) in [4.78, 5) is 4.70. The topological polar surface area (TPSA) is 19.6 Å². The van der Waals surface area contributed by atoms with Gasteiger partial charge in [0.15, 0.2) is 5.58 Å². The Morgan fingerprint density at radius 3 is 1.34 bits per heavy atom. The van der Waals surface area contributed by atoms with E-state index in [2.05, 4.69) is 265 Å². The quantitative estimate of drug-likeness (QED) is 0.144. The van der Waals surface area contributed by atoms with E-state index in [1.807, 2.05) is 0 Å². The van der Waals surface area contributed by atoms with Crippen molar-refractivity contribution in [2.24, 2.45) is 0 Å². The number of hydrogen-bond acceptors (Lipinski definition) is 3. The molecule has 1 aromatic heterocycles. The molecule has 3 nitrogen and oxygen atoms in total. The standard InChI is InChI=1S/C62H42N2O/c1-5-17-43(18-6-1)44-29-35-52(36-30-44)64(50-25-11-4-12-26-50)58-42-41-57(60-56-40-34-47-22-14-16-28-55(47)61(56)65-62(58)60)63(49-23-9-3-10-24-49)51-37-31-48(32-38-51)59-53-27-15-13-21-46(53)33-39-54(59)45-19-7-2-8-20-45/h1-42H. The first-order valence-electron chi connectivity index (χ1n) is 22.2. The molecule has 65 heavy (non-hydrogen) atoms. The number of benzene rings is 11. The summed E-state index contributed by atoms with van der Waals surface area (Å²) >= 11 is 0. The molecule has 3 heteroatoms. The van der Waals surface area contributed by atoms with Gasteiger partial charge in [0.2, 0.25) is 0 Å². The smallest absolute Gasteiger partial charge is 0.161 e. The Kier molecular flexibility index (Phi) is 9.50. The second-order valence-electron chi connectivity index (χ2n) is 16.5. The number of anilines is 6. The van der Waals surface area contributed by atoms with Crippen molar-refractivity contribution in [1.82, 2.24) is 0 Å². The van der Waals surface area contributed by atoms with Crippen molar-refractivity contribution in [2.75, 3.05) is 9.80 Å². The lowest BCUT2D eigenvalue weighted by Crippen LogP contribution is -2.13. The summed E-state index contributed by atoms with van der Waals surface area (Å²) in [6.45, 7) is 0. The molecule has 0 fully saturated rings. The van der Waals surface area contributed by atoms with E-state index in [4.69, 9.17) is 4.42 Å². The molecule has 0 saturated heterocycles. The molecule has 0 aliphatic rings. The Bertz CT molecular complexity index is 3620. The molecule has 0 unspecified atom stereocenters. The SMILES string of the molecule is c1ccc(-c2ccc(N(c3ccccc3)c3ccc(N(c4ccccc4)c4ccc(-c5c(-c6ccccc6)ccc6ccccc56)cc4)c4c3oc3c5ccccc5ccc34)cc2)cc1. The van der Waals surface area contributed by atoms with Crippen LogP contribution >= 0.6 is 0 Å². The molecule has 12 rings (SSSR count). The first kappa shape index (κ1) is 38.0. The first-order chi connectivity index (χ1) is 32.3. The van der Waals surface area contributed by atoms with E-state index in [1.165, 1.54) is 38.6 Å². The summed E-state index contributed by atoms with van der Waals surface area (Å²) in [7, 11) is 0. The zero-order valence-electron chi connectivity index (χ0n) is 35.6. The van der Waals surface area contributed by atoms with Gasteiger partial charge in [-0.1, -0.05) is 188 Å². The van der Waals surface area contributed by atoms with Crippen LogP contribution < -0.4 is 9.80 Å². The molecule has 0 spiro atoms. The lowest BCUT2D eigenvalue weighted by Gasteiger charge is -2.29. The van der Waals surface area contributed by atoms with Crippen LogP contribution in [0.2, 0.25) is 0 Å². The van der Waals surface area contributed by atoms with E-state index < -0.39 is 0 Å². The molecule has 0 radical (unpaired) electrons. The number of para-hydroxylation sites is 2. The van der Waals surface area contributed by atoms with E-state index in [9.17, 15) is 0 Å². The van der Waals surface area contributed by atoms with Crippen LogP contribution in [0.1, 0.15) is 0 Å². The maximum atomic E-state index is 7.28. The molecular formula is C62H42N2O. The molecule has 0 bridgehead atoms. The molecule has 0 aliphatic heterocycles. The van der Waals surface area contributed by atoms with Gasteiger partial charge in [0.1, 0.15) is 5.58 Å². The number of fused-ring (bicyclic) bond motifs is 6. The van der Waals surface area contributed by atoms with Crippen LogP contribution in [0, 0.1) is 0 Å². The number of hydrogen-bond donors (Lipinski definition) is 0. The summed E-state index contributed by atoms with van der Waals surface area (Å²) < 4.78 is 7.28. The number of furan rings is 1. The molecule has 0 atom stereocenters. The van der Waals surface area contributed by atoms with Gasteiger partial charge < -0.3 is 14.2 Å². The fourth-order valence-electron chi connectivity index (χ4n) is 9.60. The van der Waals surface area contributed by atoms with E-state index in [0.717, 1.165) is 72.4 Å². The molecule has 0 saturated carbocycles. The molecule has 1 heterocycles. The van der Waals surface area contributed by atoms with Gasteiger partial charge in [-0.05, 0) is 116 Å². The molecule has 306 valence electrons. The van der Waals surface area contributed by atoms with E-state index in [0.29, 0.717) is 0 Å². The van der Waals surface area contributed by atoms with Crippen molar-refractivity contribution in [2.45, 2.75) is 0 Å². The third kappa shape index (κ3) is 6.78. The van der Waals surface area contributed by atoms with Gasteiger partial charge in [0.25, 0.3) is 0 Å². The predicted molar refractivity (Wildman–Crippen MR) is 274 cm³/mol. The second-order valence-corrected chi connectivity index (χ2v) is 16.5. The van der Waals surface area contributed by atoms with E-state index in [-0.39, 0.29) is 0 Å². The average Bonchev–Trinajstić information content (AvgIpc) is 3.79. The predicted octanol–water partition coefficient (Wildman–Crippen LogP) is 17.8. The highest BCUT2D eigenvalue weighted by molar-refractivity contribution is 6.22. The summed E-state index contributed by atoms with van der Waals surface area (Å²) in [5.41, 5.74) is 15.0. The molecule has 0 N–H and O–H groups in total. The van der Waals surface area contributed by atoms with Crippen LogP contribution in [-0.2, 0) is 0 Å². The fourth-order valence-corrected chi connectivity index (χ4v) is 9.60.